The number of sulfonamides is 1. The molecule has 0 amide bonds. The highest BCUT2D eigenvalue weighted by molar-refractivity contribution is 7.89. The Hall–Kier alpha value is -4.24. The average Bonchev–Trinajstić information content (AvgIpc) is 3.64. The third-order valence-electron chi connectivity index (χ3n) is 8.44. The summed E-state index contributed by atoms with van der Waals surface area (Å²) in [7, 11) is -2.76. The van der Waals surface area contributed by atoms with Crippen LogP contribution in [0.3, 0.4) is 0 Å². The van der Waals surface area contributed by atoms with Crippen LogP contribution in [0, 0.1) is 11.2 Å². The molecule has 2 aliphatic carbocycles. The molecule has 0 N–H and O–H groups in total. The molecule has 0 radical (unpaired) electrons. The topological polar surface area (TPSA) is 103 Å². The molecule has 0 bridgehead atoms. The second-order valence-corrected chi connectivity index (χ2v) is 13.0. The minimum atomic E-state index is -4.73. The van der Waals surface area contributed by atoms with Crippen molar-refractivity contribution in [3.05, 3.63) is 95.0 Å². The van der Waals surface area contributed by atoms with E-state index in [1.54, 1.807) is 10.8 Å². The third-order valence-corrected chi connectivity index (χ3v) is 10.3. The van der Waals surface area contributed by atoms with E-state index in [1.807, 2.05) is 0 Å². The van der Waals surface area contributed by atoms with Crippen LogP contribution in [0.1, 0.15) is 46.6 Å². The van der Waals surface area contributed by atoms with Gasteiger partial charge in [-0.1, -0.05) is 5.57 Å². The fourth-order valence-electron chi connectivity index (χ4n) is 6.33. The molecule has 0 aliphatic heterocycles. The Morgan fingerprint density at radius 1 is 1.16 bits per heavy atom. The van der Waals surface area contributed by atoms with Crippen LogP contribution in [0.5, 0.6) is 0 Å². The number of allylic oxidation sites excluding steroid dienone is 1. The zero-order chi connectivity index (χ0) is 32.1. The number of carbonyl (C=O) groups excluding carboxylic acids is 1. The molecule has 0 saturated heterocycles. The monoisotopic (exact) mass is 646 g/mol. The van der Waals surface area contributed by atoms with E-state index in [4.69, 9.17) is 0 Å². The molecule has 15 heteroatoms. The number of carbonyl (C=O) groups is 1. The highest BCUT2D eigenvalue weighted by atomic mass is 32.2. The highest BCUT2D eigenvalue weighted by Gasteiger charge is 2.52. The fourth-order valence-corrected chi connectivity index (χ4v) is 7.91. The SMILES string of the molecule is Cn1ccc(S(=O)(=O)N(CCF)[C@H]2CCC3=Cc4c(cnn4-c4ccc(F)cc4)C[C@]3(C(=O)c3cc(C(F)(F)F)ccn3)C2)n1. The molecule has 6 rings (SSSR count). The molecule has 0 unspecified atom stereocenters. The number of hydrogen-bond donors (Lipinski definition) is 0. The van der Waals surface area contributed by atoms with Crippen molar-refractivity contribution in [3.8, 4) is 5.69 Å². The Morgan fingerprint density at radius 2 is 1.91 bits per heavy atom. The molecule has 2 atom stereocenters. The predicted molar refractivity (Wildman–Crippen MR) is 152 cm³/mol. The van der Waals surface area contributed by atoms with Crippen molar-refractivity contribution in [1.29, 1.82) is 0 Å². The fraction of sp³-hybridized carbons (Fsp3) is 0.333. The van der Waals surface area contributed by atoms with E-state index in [0.717, 1.165) is 16.6 Å². The quantitative estimate of drug-likeness (QED) is 0.193. The summed E-state index contributed by atoms with van der Waals surface area (Å²) in [5.41, 5.74) is -0.668. The molecular formula is C30H27F5N6O3S. The molecule has 2 aliphatic rings. The summed E-state index contributed by atoms with van der Waals surface area (Å²) in [4.78, 5) is 18.4. The average molecular weight is 647 g/mol. The molecule has 1 fully saturated rings. The van der Waals surface area contributed by atoms with Crippen LogP contribution in [0.15, 0.2) is 71.7 Å². The van der Waals surface area contributed by atoms with E-state index in [9.17, 15) is 35.2 Å². The second-order valence-electron chi connectivity index (χ2n) is 11.2. The minimum absolute atomic E-state index is 0.0181. The number of benzene rings is 1. The number of ketones is 1. The second kappa shape index (κ2) is 11.3. The van der Waals surface area contributed by atoms with E-state index in [0.29, 0.717) is 28.6 Å². The van der Waals surface area contributed by atoms with Crippen LogP contribution in [-0.4, -0.2) is 62.3 Å². The lowest BCUT2D eigenvalue weighted by molar-refractivity contribution is -0.137. The molecule has 9 nitrogen and oxygen atoms in total. The summed E-state index contributed by atoms with van der Waals surface area (Å²) in [6.07, 6.45) is 1.13. The summed E-state index contributed by atoms with van der Waals surface area (Å²) >= 11 is 0. The lowest BCUT2D eigenvalue weighted by atomic mass is 9.60. The van der Waals surface area contributed by atoms with Crippen LogP contribution >= 0.6 is 0 Å². The van der Waals surface area contributed by atoms with Crippen molar-refractivity contribution in [2.75, 3.05) is 13.2 Å². The van der Waals surface area contributed by atoms with Crippen molar-refractivity contribution < 1.29 is 35.2 Å². The summed E-state index contributed by atoms with van der Waals surface area (Å²) in [5.74, 6) is -1.15. The Bertz CT molecular complexity index is 1900. The van der Waals surface area contributed by atoms with Gasteiger partial charge in [-0.25, -0.2) is 21.9 Å². The van der Waals surface area contributed by atoms with Gasteiger partial charge in [0.2, 0.25) is 0 Å². The molecule has 3 aromatic heterocycles. The van der Waals surface area contributed by atoms with Gasteiger partial charge >= 0.3 is 6.18 Å². The number of pyridine rings is 1. The zero-order valence-electron chi connectivity index (χ0n) is 23.9. The normalized spacial score (nSPS) is 20.1. The maximum absolute atomic E-state index is 14.4. The lowest BCUT2D eigenvalue weighted by Gasteiger charge is -2.46. The molecule has 236 valence electrons. The van der Waals surface area contributed by atoms with Crippen LogP contribution in [-0.2, 0) is 29.7 Å². The van der Waals surface area contributed by atoms with Crippen molar-refractivity contribution in [2.24, 2.45) is 12.5 Å². The largest absolute Gasteiger partial charge is 0.416 e. The van der Waals surface area contributed by atoms with Crippen molar-refractivity contribution in [2.45, 2.75) is 42.9 Å². The summed E-state index contributed by atoms with van der Waals surface area (Å²) < 4.78 is 99.6. The van der Waals surface area contributed by atoms with Gasteiger partial charge in [-0.05, 0) is 79.8 Å². The smallest absolute Gasteiger partial charge is 0.291 e. The van der Waals surface area contributed by atoms with Gasteiger partial charge in [-0.15, -0.1) is 0 Å². The first kappa shape index (κ1) is 30.8. The van der Waals surface area contributed by atoms with E-state index in [1.165, 1.54) is 54.5 Å². The van der Waals surface area contributed by atoms with Gasteiger partial charge in [0.05, 0.1) is 28.6 Å². The molecule has 1 aromatic carbocycles. The number of aryl methyl sites for hydroxylation is 1. The molecule has 4 aromatic rings. The Balaban J connectivity index is 1.46. The van der Waals surface area contributed by atoms with Gasteiger partial charge in [0.25, 0.3) is 10.0 Å². The summed E-state index contributed by atoms with van der Waals surface area (Å²) in [5, 5.41) is 8.15. The van der Waals surface area contributed by atoms with Crippen molar-refractivity contribution in [3.63, 3.8) is 0 Å². The number of rotatable bonds is 8. The first-order valence-electron chi connectivity index (χ1n) is 14.0. The Morgan fingerprint density at radius 3 is 2.58 bits per heavy atom. The first-order valence-corrected chi connectivity index (χ1v) is 15.5. The number of hydrogen-bond acceptors (Lipinski definition) is 6. The molecule has 3 heterocycles. The summed E-state index contributed by atoms with van der Waals surface area (Å²) in [6.45, 7) is -1.50. The molecule has 45 heavy (non-hydrogen) atoms. The third kappa shape index (κ3) is 5.47. The number of aromatic nitrogens is 5. The molecular weight excluding hydrogens is 619 g/mol. The Kier molecular flexibility index (Phi) is 7.72. The van der Waals surface area contributed by atoms with Gasteiger partial charge in [0.15, 0.2) is 10.8 Å². The van der Waals surface area contributed by atoms with Crippen LogP contribution < -0.4 is 0 Å². The highest BCUT2D eigenvalue weighted by Crippen LogP contribution is 2.51. The van der Waals surface area contributed by atoms with Gasteiger partial charge < -0.3 is 0 Å². The van der Waals surface area contributed by atoms with E-state index >= 15 is 0 Å². The predicted octanol–water partition coefficient (Wildman–Crippen LogP) is 5.18. The minimum Gasteiger partial charge on any atom is -0.291 e. The maximum Gasteiger partial charge on any atom is 0.416 e. The number of Topliss-reactive ketones (excluding diaryl/α,β-unsaturated/α-hetero) is 1. The molecule has 1 saturated carbocycles. The molecule has 0 spiro atoms. The van der Waals surface area contributed by atoms with E-state index < -0.39 is 63.7 Å². The number of halogens is 5. The van der Waals surface area contributed by atoms with Gasteiger partial charge in [0.1, 0.15) is 18.2 Å². The van der Waals surface area contributed by atoms with Crippen LogP contribution in [0.2, 0.25) is 0 Å². The van der Waals surface area contributed by atoms with Gasteiger partial charge in [-0.2, -0.15) is 27.7 Å². The number of fused-ring (bicyclic) bond motifs is 2. The summed E-state index contributed by atoms with van der Waals surface area (Å²) in [6, 6.07) is 7.50. The zero-order valence-corrected chi connectivity index (χ0v) is 24.7. The maximum atomic E-state index is 14.4. The number of alkyl halides is 4. The van der Waals surface area contributed by atoms with Crippen molar-refractivity contribution >= 4 is 21.9 Å². The van der Waals surface area contributed by atoms with Crippen LogP contribution in [0.4, 0.5) is 22.0 Å². The van der Waals surface area contributed by atoms with E-state index in [2.05, 4.69) is 15.2 Å². The van der Waals surface area contributed by atoms with Gasteiger partial charge in [0, 0.05) is 32.0 Å². The standard InChI is InChI=1S/C30H27F5N6O3S/c1-39-12-9-27(38-39)45(43,44)40(13-10-31)24-5-2-20-15-26-19(18-37-41(26)23-6-3-22(32)4-7-23)16-29(20,17-24)28(42)25-14-21(8-11-36-25)30(33,34)35/h3-4,6-9,11-12,14-15,18,24H,2,5,10,13,16-17H2,1H3/t24-,29-/m0/s1. The lowest BCUT2D eigenvalue weighted by Crippen LogP contribution is -2.51. The van der Waals surface area contributed by atoms with Crippen molar-refractivity contribution in [1.82, 2.24) is 28.9 Å². The van der Waals surface area contributed by atoms with Gasteiger partial charge in [-0.3, -0.25) is 14.5 Å². The van der Waals surface area contributed by atoms with E-state index in [-0.39, 0.29) is 30.7 Å². The first-order chi connectivity index (χ1) is 21.3. The number of nitrogens with zero attached hydrogens (tertiary/aromatic N) is 6. The Labute approximate surface area is 255 Å². The van der Waals surface area contributed by atoms with Crippen LogP contribution in [0.25, 0.3) is 11.8 Å².